The monoisotopic (exact) mass is 257 g/mol. The molecule has 6 nitrogen and oxygen atoms in total. The first-order valence-corrected chi connectivity index (χ1v) is 6.39. The highest BCUT2D eigenvalue weighted by atomic mass is 16.4. The summed E-state index contributed by atoms with van der Waals surface area (Å²) < 4.78 is 0. The Balaban J connectivity index is 2.11. The Hall–Kier alpha value is -1.14. The molecule has 1 fully saturated rings. The number of likely N-dealkylation sites (N-methyl/N-ethyl adjacent to an activating group) is 1. The Kier molecular flexibility index (Phi) is 6.07. The van der Waals surface area contributed by atoms with Crippen molar-refractivity contribution in [2.45, 2.75) is 13.3 Å². The van der Waals surface area contributed by atoms with Gasteiger partial charge in [-0.05, 0) is 7.05 Å². The molecule has 1 amide bonds. The minimum absolute atomic E-state index is 0.0676. The van der Waals surface area contributed by atoms with Gasteiger partial charge in [-0.25, -0.2) is 0 Å². The van der Waals surface area contributed by atoms with Gasteiger partial charge in [0.25, 0.3) is 0 Å². The molecular formula is C12H23N3O3. The van der Waals surface area contributed by atoms with Gasteiger partial charge in [-0.15, -0.1) is 0 Å². The third-order valence-corrected chi connectivity index (χ3v) is 3.28. The Morgan fingerprint density at radius 2 is 1.89 bits per heavy atom. The van der Waals surface area contributed by atoms with E-state index < -0.39 is 11.9 Å². The molecule has 1 saturated heterocycles. The molecule has 2 N–H and O–H groups in total. The van der Waals surface area contributed by atoms with Gasteiger partial charge in [0, 0.05) is 45.7 Å². The van der Waals surface area contributed by atoms with Crippen molar-refractivity contribution in [3.8, 4) is 0 Å². The van der Waals surface area contributed by atoms with E-state index in [4.69, 9.17) is 5.11 Å². The quantitative estimate of drug-likeness (QED) is 0.668. The predicted octanol–water partition coefficient (Wildman–Crippen LogP) is -0.539. The Labute approximate surface area is 108 Å². The largest absolute Gasteiger partial charge is 0.481 e. The van der Waals surface area contributed by atoms with Crippen LogP contribution in [0.5, 0.6) is 0 Å². The number of carbonyl (C=O) groups is 2. The topological polar surface area (TPSA) is 72.9 Å². The van der Waals surface area contributed by atoms with Crippen molar-refractivity contribution in [2.24, 2.45) is 5.92 Å². The number of piperazine rings is 1. The van der Waals surface area contributed by atoms with Crippen molar-refractivity contribution in [1.82, 2.24) is 15.1 Å². The maximum atomic E-state index is 11.5. The van der Waals surface area contributed by atoms with E-state index >= 15 is 0 Å². The lowest BCUT2D eigenvalue weighted by Crippen LogP contribution is -2.45. The summed E-state index contributed by atoms with van der Waals surface area (Å²) in [7, 11) is 2.09. The molecule has 0 aromatic heterocycles. The first-order chi connectivity index (χ1) is 8.49. The fourth-order valence-corrected chi connectivity index (χ4v) is 1.77. The number of carboxylic acids is 1. The number of hydrogen-bond acceptors (Lipinski definition) is 4. The molecule has 0 saturated carbocycles. The van der Waals surface area contributed by atoms with Gasteiger partial charge in [0.15, 0.2) is 0 Å². The standard InChI is InChI=1S/C12H23N3O3/c1-10(12(17)18)9-13-11(16)3-4-15-7-5-14(2)6-8-15/h10H,3-9H2,1-2H3,(H,13,16)(H,17,18). The Morgan fingerprint density at radius 3 is 2.44 bits per heavy atom. The lowest BCUT2D eigenvalue weighted by molar-refractivity contribution is -0.141. The van der Waals surface area contributed by atoms with Crippen molar-refractivity contribution in [3.63, 3.8) is 0 Å². The van der Waals surface area contributed by atoms with Crippen LogP contribution in [-0.4, -0.2) is 73.1 Å². The highest BCUT2D eigenvalue weighted by Gasteiger charge is 2.15. The second-order valence-corrected chi connectivity index (χ2v) is 4.94. The molecule has 0 aromatic carbocycles. The highest BCUT2D eigenvalue weighted by Crippen LogP contribution is 2.00. The summed E-state index contributed by atoms with van der Waals surface area (Å²) in [5.41, 5.74) is 0. The van der Waals surface area contributed by atoms with Crippen molar-refractivity contribution in [2.75, 3.05) is 46.3 Å². The number of hydrogen-bond donors (Lipinski definition) is 2. The number of carboxylic acid groups (broad SMARTS) is 1. The molecule has 0 aliphatic carbocycles. The zero-order valence-electron chi connectivity index (χ0n) is 11.2. The first kappa shape index (κ1) is 14.9. The summed E-state index contributed by atoms with van der Waals surface area (Å²) in [5.74, 6) is -1.48. The summed E-state index contributed by atoms with van der Waals surface area (Å²) in [6.07, 6.45) is 0.441. The number of carbonyl (C=O) groups excluding carboxylic acids is 1. The van der Waals surface area contributed by atoms with Crippen molar-refractivity contribution >= 4 is 11.9 Å². The molecule has 0 aromatic rings. The number of aliphatic carboxylic acids is 1. The van der Waals surface area contributed by atoms with E-state index in [1.807, 2.05) is 0 Å². The Morgan fingerprint density at radius 1 is 1.28 bits per heavy atom. The second-order valence-electron chi connectivity index (χ2n) is 4.94. The third-order valence-electron chi connectivity index (χ3n) is 3.28. The van der Waals surface area contributed by atoms with E-state index in [0.717, 1.165) is 32.7 Å². The lowest BCUT2D eigenvalue weighted by atomic mass is 10.2. The summed E-state index contributed by atoms with van der Waals surface area (Å²) >= 11 is 0. The molecule has 1 aliphatic rings. The van der Waals surface area contributed by atoms with Crippen LogP contribution in [0.4, 0.5) is 0 Å². The average Bonchev–Trinajstić information content (AvgIpc) is 2.35. The van der Waals surface area contributed by atoms with Crippen molar-refractivity contribution < 1.29 is 14.7 Å². The summed E-state index contributed by atoms with van der Waals surface area (Å²) in [6.45, 7) is 6.61. The summed E-state index contributed by atoms with van der Waals surface area (Å²) in [6, 6.07) is 0. The van der Waals surface area contributed by atoms with Gasteiger partial charge in [-0.2, -0.15) is 0 Å². The molecule has 104 valence electrons. The van der Waals surface area contributed by atoms with Crippen LogP contribution < -0.4 is 5.32 Å². The van der Waals surface area contributed by atoms with Crippen molar-refractivity contribution in [3.05, 3.63) is 0 Å². The molecule has 6 heteroatoms. The van der Waals surface area contributed by atoms with E-state index in [-0.39, 0.29) is 12.5 Å². The summed E-state index contributed by atoms with van der Waals surface area (Å²) in [5, 5.41) is 11.3. The maximum Gasteiger partial charge on any atom is 0.308 e. The zero-order valence-corrected chi connectivity index (χ0v) is 11.2. The number of nitrogens with one attached hydrogen (secondary N) is 1. The van der Waals surface area contributed by atoms with E-state index in [0.29, 0.717) is 6.42 Å². The van der Waals surface area contributed by atoms with Crippen LogP contribution in [0.3, 0.4) is 0 Å². The molecule has 1 unspecified atom stereocenters. The van der Waals surface area contributed by atoms with Gasteiger partial charge < -0.3 is 20.2 Å². The number of nitrogens with zero attached hydrogens (tertiary/aromatic N) is 2. The van der Waals surface area contributed by atoms with Crippen LogP contribution in [0.15, 0.2) is 0 Å². The van der Waals surface area contributed by atoms with E-state index in [1.54, 1.807) is 6.92 Å². The van der Waals surface area contributed by atoms with Gasteiger partial charge in [-0.1, -0.05) is 6.92 Å². The number of rotatable bonds is 6. The van der Waals surface area contributed by atoms with Gasteiger partial charge in [0.2, 0.25) is 5.91 Å². The van der Waals surface area contributed by atoms with Crippen molar-refractivity contribution in [1.29, 1.82) is 0 Å². The predicted molar refractivity (Wildman–Crippen MR) is 68.4 cm³/mol. The highest BCUT2D eigenvalue weighted by molar-refractivity contribution is 5.77. The lowest BCUT2D eigenvalue weighted by Gasteiger charge is -2.32. The Bertz CT molecular complexity index is 288. The minimum atomic E-state index is -0.880. The summed E-state index contributed by atoms with van der Waals surface area (Å²) in [4.78, 5) is 26.7. The molecule has 18 heavy (non-hydrogen) atoms. The van der Waals surface area contributed by atoms with Crippen LogP contribution in [0.2, 0.25) is 0 Å². The second kappa shape index (κ2) is 7.33. The molecule has 0 radical (unpaired) electrons. The smallest absolute Gasteiger partial charge is 0.308 e. The van der Waals surface area contributed by atoms with E-state index in [2.05, 4.69) is 22.2 Å². The molecule has 0 spiro atoms. The van der Waals surface area contributed by atoms with Crippen LogP contribution in [-0.2, 0) is 9.59 Å². The first-order valence-electron chi connectivity index (χ1n) is 6.39. The van der Waals surface area contributed by atoms with Gasteiger partial charge in [-0.3, -0.25) is 9.59 Å². The van der Waals surface area contributed by atoms with Gasteiger partial charge in [0.05, 0.1) is 5.92 Å². The van der Waals surface area contributed by atoms with E-state index in [9.17, 15) is 9.59 Å². The van der Waals surface area contributed by atoms with Gasteiger partial charge >= 0.3 is 5.97 Å². The fourth-order valence-electron chi connectivity index (χ4n) is 1.77. The molecule has 1 rings (SSSR count). The molecule has 1 atom stereocenters. The zero-order chi connectivity index (χ0) is 13.5. The number of amides is 1. The maximum absolute atomic E-state index is 11.5. The third kappa shape index (κ3) is 5.46. The molecular weight excluding hydrogens is 234 g/mol. The average molecular weight is 257 g/mol. The van der Waals surface area contributed by atoms with Crippen LogP contribution in [0, 0.1) is 5.92 Å². The SMILES string of the molecule is CC(CNC(=O)CCN1CCN(C)CC1)C(=O)O. The normalized spacial score (nSPS) is 19.4. The minimum Gasteiger partial charge on any atom is -0.481 e. The fraction of sp³-hybridized carbons (Fsp3) is 0.833. The molecule has 1 aliphatic heterocycles. The van der Waals surface area contributed by atoms with Crippen LogP contribution in [0.1, 0.15) is 13.3 Å². The van der Waals surface area contributed by atoms with Gasteiger partial charge in [0.1, 0.15) is 0 Å². The molecule has 1 heterocycles. The van der Waals surface area contributed by atoms with Crippen LogP contribution >= 0.6 is 0 Å². The molecule has 0 bridgehead atoms. The van der Waals surface area contributed by atoms with Crippen LogP contribution in [0.25, 0.3) is 0 Å². The van der Waals surface area contributed by atoms with E-state index in [1.165, 1.54) is 0 Å².